The summed E-state index contributed by atoms with van der Waals surface area (Å²) in [5, 5.41) is 2.70. The molecule has 0 rings (SSSR count). The number of hydrogen-bond donors (Lipinski definition) is 1. The molecular formula is C10H25NO3Si2. The van der Waals surface area contributed by atoms with E-state index in [0.717, 1.165) is 31.8 Å². The Labute approximate surface area is 102 Å². The first-order valence-corrected chi connectivity index (χ1v) is 10.9. The summed E-state index contributed by atoms with van der Waals surface area (Å²) in [4.78, 5) is 10.1. The summed E-state index contributed by atoms with van der Waals surface area (Å²) in [5.74, 6) is 0. The highest BCUT2D eigenvalue weighted by Gasteiger charge is 2.29. The van der Waals surface area contributed by atoms with Crippen LogP contribution in [0.4, 0.5) is 0 Å². The average Bonchev–Trinajstić information content (AvgIpc) is 2.24. The molecule has 16 heavy (non-hydrogen) atoms. The Morgan fingerprint density at radius 1 is 1.44 bits per heavy atom. The van der Waals surface area contributed by atoms with E-state index in [2.05, 4.69) is 25.3 Å². The van der Waals surface area contributed by atoms with Crippen molar-refractivity contribution in [3.8, 4) is 0 Å². The van der Waals surface area contributed by atoms with Gasteiger partial charge in [0.25, 0.3) is 0 Å². The fourth-order valence-electron chi connectivity index (χ4n) is 1.84. The van der Waals surface area contributed by atoms with Gasteiger partial charge in [0.15, 0.2) is 8.32 Å². The lowest BCUT2D eigenvalue weighted by Gasteiger charge is -2.30. The highest BCUT2D eigenvalue weighted by atomic mass is 28.4. The van der Waals surface area contributed by atoms with Gasteiger partial charge in [0.1, 0.15) is 0 Å². The molecule has 0 saturated heterocycles. The fraction of sp³-hybridized carbons (Fsp3) is 0.900. The molecular weight excluding hydrogens is 238 g/mol. The largest absolute Gasteiger partial charge is 0.438 e. The van der Waals surface area contributed by atoms with Crippen LogP contribution in [0.25, 0.3) is 0 Å². The van der Waals surface area contributed by atoms with Crippen LogP contribution in [-0.4, -0.2) is 37.7 Å². The van der Waals surface area contributed by atoms with E-state index in [1.54, 1.807) is 7.11 Å². The van der Waals surface area contributed by atoms with Gasteiger partial charge in [-0.15, -0.1) is 0 Å². The highest BCUT2D eigenvalue weighted by Crippen LogP contribution is 2.21. The molecule has 2 atom stereocenters. The Bertz CT molecular complexity index is 195. The molecule has 0 aliphatic carbocycles. The van der Waals surface area contributed by atoms with Crippen molar-refractivity contribution >= 4 is 24.0 Å². The van der Waals surface area contributed by atoms with Crippen LogP contribution in [0.1, 0.15) is 19.8 Å². The summed E-state index contributed by atoms with van der Waals surface area (Å²) < 4.78 is 11.4. The quantitative estimate of drug-likeness (QED) is 0.370. The Morgan fingerprint density at radius 2 is 2.12 bits per heavy atom. The maximum atomic E-state index is 10.1. The Morgan fingerprint density at radius 3 is 2.62 bits per heavy atom. The molecule has 1 amide bonds. The molecule has 0 aromatic heterocycles. The van der Waals surface area contributed by atoms with Gasteiger partial charge in [0.05, 0.1) is 0 Å². The lowest BCUT2D eigenvalue weighted by molar-refractivity contribution is -0.109. The van der Waals surface area contributed by atoms with Gasteiger partial charge in [-0.25, -0.2) is 0 Å². The van der Waals surface area contributed by atoms with Crippen LogP contribution >= 0.6 is 0 Å². The maximum Gasteiger partial charge on any atom is 0.307 e. The molecule has 0 saturated carbocycles. The predicted molar refractivity (Wildman–Crippen MR) is 71.3 cm³/mol. The van der Waals surface area contributed by atoms with Gasteiger partial charge in [-0.1, -0.05) is 13.3 Å². The number of carbonyl (C=O) groups is 1. The third-order valence-electron chi connectivity index (χ3n) is 2.67. The lowest BCUT2D eigenvalue weighted by atomic mass is 10.5. The Kier molecular flexibility index (Phi) is 8.82. The minimum Gasteiger partial charge on any atom is -0.438 e. The summed E-state index contributed by atoms with van der Waals surface area (Å²) in [5.41, 5.74) is 0. The SMILES string of the molecule is CCC[Si](C)(CCCNC=O)O[SiH](C)OC. The fourth-order valence-corrected chi connectivity index (χ4v) is 8.61. The number of hydrogen-bond acceptors (Lipinski definition) is 3. The van der Waals surface area contributed by atoms with Gasteiger partial charge >= 0.3 is 9.28 Å². The monoisotopic (exact) mass is 263 g/mol. The minimum absolute atomic E-state index is 0.752. The molecule has 1 N–H and O–H groups in total. The van der Waals surface area contributed by atoms with Crippen LogP contribution in [0.15, 0.2) is 0 Å². The van der Waals surface area contributed by atoms with Crippen molar-refractivity contribution in [3.63, 3.8) is 0 Å². The zero-order valence-corrected chi connectivity index (χ0v) is 13.1. The predicted octanol–water partition coefficient (Wildman–Crippen LogP) is 1.62. The van der Waals surface area contributed by atoms with E-state index in [1.807, 2.05) is 0 Å². The van der Waals surface area contributed by atoms with Crippen molar-refractivity contribution in [3.05, 3.63) is 0 Å². The summed E-state index contributed by atoms with van der Waals surface area (Å²) >= 11 is 0. The molecule has 0 fully saturated rings. The first-order valence-electron chi connectivity index (χ1n) is 5.95. The van der Waals surface area contributed by atoms with E-state index in [-0.39, 0.29) is 0 Å². The highest BCUT2D eigenvalue weighted by molar-refractivity contribution is 6.77. The van der Waals surface area contributed by atoms with E-state index in [0.29, 0.717) is 0 Å². The first kappa shape index (κ1) is 15.8. The second-order valence-corrected chi connectivity index (χ2v) is 10.7. The van der Waals surface area contributed by atoms with Gasteiger partial charge in [-0.2, -0.15) is 0 Å². The van der Waals surface area contributed by atoms with E-state index in [9.17, 15) is 4.79 Å². The molecule has 96 valence electrons. The smallest absolute Gasteiger partial charge is 0.307 e. The van der Waals surface area contributed by atoms with Crippen LogP contribution < -0.4 is 5.32 Å². The zero-order valence-electron chi connectivity index (χ0n) is 10.9. The second kappa shape index (κ2) is 8.92. The molecule has 0 bridgehead atoms. The van der Waals surface area contributed by atoms with Crippen molar-refractivity contribution in [2.24, 2.45) is 0 Å². The number of amides is 1. The van der Waals surface area contributed by atoms with Crippen LogP contribution in [0.5, 0.6) is 0 Å². The average molecular weight is 263 g/mol. The van der Waals surface area contributed by atoms with Gasteiger partial charge in [0, 0.05) is 13.7 Å². The Balaban J connectivity index is 4.04. The van der Waals surface area contributed by atoms with Crippen molar-refractivity contribution in [1.82, 2.24) is 5.32 Å². The Hall–Kier alpha value is -0.176. The second-order valence-electron chi connectivity index (χ2n) is 4.30. The van der Waals surface area contributed by atoms with E-state index in [1.165, 1.54) is 6.04 Å². The normalized spacial score (nSPS) is 16.5. The molecule has 0 radical (unpaired) electrons. The first-order chi connectivity index (χ1) is 7.58. The molecule has 0 aliphatic heterocycles. The molecule has 0 aliphatic rings. The molecule has 4 nitrogen and oxygen atoms in total. The van der Waals surface area contributed by atoms with Gasteiger partial charge in [0.2, 0.25) is 6.41 Å². The van der Waals surface area contributed by atoms with Crippen molar-refractivity contribution in [2.75, 3.05) is 13.7 Å². The number of nitrogens with one attached hydrogen (secondary N) is 1. The van der Waals surface area contributed by atoms with Crippen molar-refractivity contribution < 1.29 is 13.3 Å². The van der Waals surface area contributed by atoms with Gasteiger partial charge < -0.3 is 13.9 Å². The molecule has 0 aromatic carbocycles. The third kappa shape index (κ3) is 7.16. The van der Waals surface area contributed by atoms with Gasteiger partial charge in [-0.05, 0) is 31.6 Å². The topological polar surface area (TPSA) is 47.6 Å². The van der Waals surface area contributed by atoms with Crippen LogP contribution in [0, 0.1) is 0 Å². The van der Waals surface area contributed by atoms with Crippen molar-refractivity contribution in [1.29, 1.82) is 0 Å². The standard InChI is InChI=1S/C10H25NO3Si2/c1-5-8-16(4,14-15(3)13-2)9-6-7-11-10-12/h10,15H,5-9H2,1-4H3,(H,11,12). The van der Waals surface area contributed by atoms with Crippen LogP contribution in [0.2, 0.25) is 25.2 Å². The molecule has 2 unspecified atom stereocenters. The summed E-state index contributed by atoms with van der Waals surface area (Å²) in [7, 11) is -1.30. The summed E-state index contributed by atoms with van der Waals surface area (Å²) in [6.45, 7) is 7.30. The third-order valence-corrected chi connectivity index (χ3v) is 9.91. The summed E-state index contributed by atoms with van der Waals surface area (Å²) in [6.07, 6.45) is 2.92. The maximum absolute atomic E-state index is 10.1. The van der Waals surface area contributed by atoms with E-state index >= 15 is 0 Å². The lowest BCUT2D eigenvalue weighted by Crippen LogP contribution is -2.40. The van der Waals surface area contributed by atoms with E-state index < -0.39 is 17.6 Å². The molecule has 6 heteroatoms. The minimum atomic E-state index is -1.60. The van der Waals surface area contributed by atoms with E-state index in [4.69, 9.17) is 8.54 Å². The summed E-state index contributed by atoms with van der Waals surface area (Å²) in [6, 6.07) is 2.27. The van der Waals surface area contributed by atoms with Crippen LogP contribution in [-0.2, 0) is 13.3 Å². The molecule has 0 aromatic rings. The molecule has 0 spiro atoms. The number of carbonyl (C=O) groups excluding carboxylic acids is 1. The van der Waals surface area contributed by atoms with Crippen molar-refractivity contribution in [2.45, 2.75) is 44.9 Å². The number of rotatable bonds is 10. The van der Waals surface area contributed by atoms with Gasteiger partial charge in [-0.3, -0.25) is 4.79 Å². The molecule has 0 heterocycles. The van der Waals surface area contributed by atoms with Crippen LogP contribution in [0.3, 0.4) is 0 Å². The zero-order chi connectivity index (χ0) is 12.4.